The lowest BCUT2D eigenvalue weighted by atomic mass is 10.0. The van der Waals surface area contributed by atoms with Crippen LogP contribution in [0.2, 0.25) is 0 Å². The molecule has 0 saturated carbocycles. The number of sulfonamides is 1. The Bertz CT molecular complexity index is 456. The maximum Gasteiger partial charge on any atom is 0.410 e. The molecule has 1 rings (SSSR count). The van der Waals surface area contributed by atoms with E-state index in [4.69, 9.17) is 9.88 Å². The molecule has 1 aliphatic rings. The number of carbonyl (C=O) groups excluding carboxylic acids is 1. The van der Waals surface area contributed by atoms with Crippen LogP contribution in [-0.2, 0) is 14.8 Å². The summed E-state index contributed by atoms with van der Waals surface area (Å²) >= 11 is 0. The Balaban J connectivity index is 2.78. The SMILES string of the molecule is CC1CC(O)(S(N)(=O)=O)CCN1C(=O)OC(C)(C)C. The zero-order valence-electron chi connectivity index (χ0n) is 11.7. The van der Waals surface area contributed by atoms with Gasteiger partial charge >= 0.3 is 6.09 Å². The molecule has 3 N–H and O–H groups in total. The van der Waals surface area contributed by atoms with Gasteiger partial charge in [0.05, 0.1) is 0 Å². The van der Waals surface area contributed by atoms with E-state index in [1.165, 1.54) is 4.90 Å². The largest absolute Gasteiger partial charge is 0.444 e. The molecule has 1 heterocycles. The maximum absolute atomic E-state index is 11.9. The second kappa shape index (κ2) is 4.92. The van der Waals surface area contributed by atoms with Gasteiger partial charge in [-0.1, -0.05) is 0 Å². The minimum atomic E-state index is -4.07. The summed E-state index contributed by atoms with van der Waals surface area (Å²) in [7, 11) is -4.07. The van der Waals surface area contributed by atoms with Crippen molar-refractivity contribution in [3.63, 3.8) is 0 Å². The van der Waals surface area contributed by atoms with Crippen molar-refractivity contribution in [2.24, 2.45) is 5.14 Å². The number of aliphatic hydroxyl groups is 1. The lowest BCUT2D eigenvalue weighted by Crippen LogP contribution is -2.57. The van der Waals surface area contributed by atoms with Gasteiger partial charge in [0.2, 0.25) is 10.0 Å². The highest BCUT2D eigenvalue weighted by atomic mass is 32.2. The van der Waals surface area contributed by atoms with Gasteiger partial charge in [0.1, 0.15) is 5.60 Å². The molecule has 8 heteroatoms. The smallest absolute Gasteiger partial charge is 0.410 e. The summed E-state index contributed by atoms with van der Waals surface area (Å²) in [6, 6.07) is -0.466. The van der Waals surface area contributed by atoms with Gasteiger partial charge in [-0.3, -0.25) is 0 Å². The third-order valence-electron chi connectivity index (χ3n) is 3.05. The fourth-order valence-corrected chi connectivity index (χ4v) is 2.89. The van der Waals surface area contributed by atoms with E-state index in [0.29, 0.717) is 0 Å². The first-order valence-corrected chi connectivity index (χ1v) is 7.65. The third-order valence-corrected chi connectivity index (χ3v) is 4.48. The fourth-order valence-electron chi connectivity index (χ4n) is 2.04. The standard InChI is InChI=1S/C11H22N2O5S/c1-8-7-11(15,19(12,16)17)5-6-13(8)9(14)18-10(2,3)4/h8,15H,5-7H2,1-4H3,(H2,12,16,17). The minimum Gasteiger partial charge on any atom is -0.444 e. The quantitative estimate of drug-likeness (QED) is 0.726. The van der Waals surface area contributed by atoms with Crippen LogP contribution in [-0.4, -0.2) is 47.6 Å². The number of nitrogens with two attached hydrogens (primary N) is 1. The lowest BCUT2D eigenvalue weighted by molar-refractivity contribution is -0.0156. The highest BCUT2D eigenvalue weighted by Crippen LogP contribution is 2.30. The number of piperidine rings is 1. The molecule has 0 aromatic carbocycles. The highest BCUT2D eigenvalue weighted by molar-refractivity contribution is 7.90. The highest BCUT2D eigenvalue weighted by Gasteiger charge is 2.46. The van der Waals surface area contributed by atoms with Crippen molar-refractivity contribution in [3.8, 4) is 0 Å². The van der Waals surface area contributed by atoms with Crippen LogP contribution in [0.1, 0.15) is 40.5 Å². The second-order valence-electron chi connectivity index (χ2n) is 5.97. The first-order chi connectivity index (χ1) is 8.36. The molecule has 112 valence electrons. The summed E-state index contributed by atoms with van der Waals surface area (Å²) < 4.78 is 27.9. The Morgan fingerprint density at radius 2 is 2.00 bits per heavy atom. The van der Waals surface area contributed by atoms with Crippen LogP contribution >= 0.6 is 0 Å². The van der Waals surface area contributed by atoms with Crippen molar-refractivity contribution in [3.05, 3.63) is 0 Å². The van der Waals surface area contributed by atoms with E-state index in [2.05, 4.69) is 0 Å². The van der Waals surface area contributed by atoms with Crippen LogP contribution in [0.4, 0.5) is 4.79 Å². The van der Waals surface area contributed by atoms with Crippen LogP contribution in [0, 0.1) is 0 Å². The number of nitrogens with zero attached hydrogens (tertiary/aromatic N) is 1. The molecule has 1 saturated heterocycles. The van der Waals surface area contributed by atoms with Crippen molar-refractivity contribution in [1.82, 2.24) is 4.90 Å². The van der Waals surface area contributed by atoms with Gasteiger partial charge in [-0.15, -0.1) is 0 Å². The predicted molar refractivity (Wildman–Crippen MR) is 69.7 cm³/mol. The average Bonchev–Trinajstić information content (AvgIpc) is 2.12. The first-order valence-electron chi connectivity index (χ1n) is 6.10. The van der Waals surface area contributed by atoms with Crippen LogP contribution in [0.25, 0.3) is 0 Å². The number of likely N-dealkylation sites (tertiary alicyclic amines) is 1. The summed E-state index contributed by atoms with van der Waals surface area (Å²) in [5, 5.41) is 15.0. The molecule has 1 amide bonds. The first kappa shape index (κ1) is 16.2. The number of ether oxygens (including phenoxy) is 1. The average molecular weight is 294 g/mol. The maximum atomic E-state index is 11.9. The van der Waals surface area contributed by atoms with Gasteiger partial charge in [0.15, 0.2) is 4.93 Å². The van der Waals surface area contributed by atoms with E-state index in [1.807, 2.05) is 0 Å². The van der Waals surface area contributed by atoms with Crippen LogP contribution in [0.3, 0.4) is 0 Å². The van der Waals surface area contributed by atoms with Crippen molar-refractivity contribution < 1.29 is 23.1 Å². The molecule has 0 aromatic heterocycles. The van der Waals surface area contributed by atoms with Gasteiger partial charge in [-0.2, -0.15) is 0 Å². The van der Waals surface area contributed by atoms with E-state index >= 15 is 0 Å². The molecule has 2 atom stereocenters. The number of rotatable bonds is 1. The van der Waals surface area contributed by atoms with E-state index in [9.17, 15) is 18.3 Å². The molecule has 1 fully saturated rings. The molecule has 0 aliphatic carbocycles. The van der Waals surface area contributed by atoms with Crippen molar-refractivity contribution in [1.29, 1.82) is 0 Å². The zero-order chi connectivity index (χ0) is 15.1. The van der Waals surface area contributed by atoms with E-state index < -0.39 is 32.7 Å². The number of hydrogen-bond donors (Lipinski definition) is 2. The van der Waals surface area contributed by atoms with Crippen LogP contribution in [0.15, 0.2) is 0 Å². The zero-order valence-corrected chi connectivity index (χ0v) is 12.5. The summed E-state index contributed by atoms with van der Waals surface area (Å²) in [5.41, 5.74) is -0.621. The monoisotopic (exact) mass is 294 g/mol. The Labute approximate surface area is 113 Å². The van der Waals surface area contributed by atoms with Gasteiger partial charge in [-0.05, 0) is 27.7 Å². The van der Waals surface area contributed by atoms with Gasteiger partial charge < -0.3 is 14.7 Å². The molecule has 0 spiro atoms. The number of carbonyl (C=O) groups is 1. The molecule has 0 aromatic rings. The van der Waals surface area contributed by atoms with Crippen LogP contribution < -0.4 is 5.14 Å². The topological polar surface area (TPSA) is 110 Å². The molecule has 1 aliphatic heterocycles. The number of hydrogen-bond acceptors (Lipinski definition) is 5. The van der Waals surface area contributed by atoms with Crippen molar-refractivity contribution in [2.75, 3.05) is 6.54 Å². The Kier molecular flexibility index (Phi) is 4.19. The van der Waals surface area contributed by atoms with Crippen LogP contribution in [0.5, 0.6) is 0 Å². The summed E-state index contributed by atoms with van der Waals surface area (Å²) in [5.74, 6) is 0. The normalized spacial score (nSPS) is 29.2. The number of primary sulfonamides is 1. The van der Waals surface area contributed by atoms with E-state index in [-0.39, 0.29) is 19.4 Å². The predicted octanol–water partition coefficient (Wildman–Crippen LogP) is 0.383. The van der Waals surface area contributed by atoms with Crippen molar-refractivity contribution >= 4 is 16.1 Å². The lowest BCUT2D eigenvalue weighted by Gasteiger charge is -2.41. The van der Waals surface area contributed by atoms with E-state index in [1.54, 1.807) is 27.7 Å². The van der Waals surface area contributed by atoms with Gasteiger partial charge in [0, 0.05) is 25.4 Å². The summed E-state index contributed by atoms with van der Waals surface area (Å²) in [6.45, 7) is 6.99. The third kappa shape index (κ3) is 3.80. The molecule has 7 nitrogen and oxygen atoms in total. The molecular weight excluding hydrogens is 272 g/mol. The Morgan fingerprint density at radius 1 is 1.47 bits per heavy atom. The van der Waals surface area contributed by atoms with Gasteiger partial charge in [-0.25, -0.2) is 18.4 Å². The Hall–Kier alpha value is -0.860. The fraction of sp³-hybridized carbons (Fsp3) is 0.909. The summed E-state index contributed by atoms with van der Waals surface area (Å²) in [4.78, 5) is 11.4. The van der Waals surface area contributed by atoms with Crippen molar-refractivity contribution in [2.45, 2.75) is 57.1 Å². The molecule has 2 unspecified atom stereocenters. The molecular formula is C11H22N2O5S. The second-order valence-corrected chi connectivity index (χ2v) is 7.82. The summed E-state index contributed by atoms with van der Waals surface area (Å²) in [6.07, 6.45) is -0.753. The minimum absolute atomic E-state index is 0.0863. The van der Waals surface area contributed by atoms with E-state index in [0.717, 1.165) is 0 Å². The molecule has 19 heavy (non-hydrogen) atoms. The Morgan fingerprint density at radius 3 is 2.37 bits per heavy atom. The van der Waals surface area contributed by atoms with Gasteiger partial charge in [0.25, 0.3) is 0 Å². The molecule has 0 bridgehead atoms. The molecule has 0 radical (unpaired) electrons. The number of amides is 1.